The zero-order chi connectivity index (χ0) is 18.8. The Morgan fingerprint density at radius 3 is 2.85 bits per heavy atom. The van der Waals surface area contributed by atoms with Crippen LogP contribution < -0.4 is 11.1 Å². The number of oxazole rings is 1. The molecule has 0 saturated carbocycles. The smallest absolute Gasteiger partial charge is 0.408 e. The quantitative estimate of drug-likeness (QED) is 0.709. The van der Waals surface area contributed by atoms with Gasteiger partial charge in [0.25, 0.3) is 0 Å². The number of hydrogen-bond acceptors (Lipinski definition) is 4. The molecule has 0 aliphatic heterocycles. The van der Waals surface area contributed by atoms with E-state index in [9.17, 15) is 9.59 Å². The number of benzene rings is 1. The fourth-order valence-corrected chi connectivity index (χ4v) is 3.11. The van der Waals surface area contributed by atoms with Gasteiger partial charge in [-0.1, -0.05) is 13.8 Å². The highest BCUT2D eigenvalue weighted by Crippen LogP contribution is 2.19. The molecule has 1 aromatic carbocycles. The van der Waals surface area contributed by atoms with Crippen molar-refractivity contribution in [3.05, 3.63) is 45.7 Å². The number of hydrogen-bond donors (Lipinski definition) is 2. The van der Waals surface area contributed by atoms with Gasteiger partial charge in [-0.05, 0) is 49.9 Å². The lowest BCUT2D eigenvalue weighted by Crippen LogP contribution is -2.13. The predicted octanol–water partition coefficient (Wildman–Crippen LogP) is 3.16. The third kappa shape index (κ3) is 3.87. The zero-order valence-corrected chi connectivity index (χ0v) is 15.5. The summed E-state index contributed by atoms with van der Waals surface area (Å²) in [5.41, 5.74) is 4.90. The highest BCUT2D eigenvalue weighted by Gasteiger charge is 2.14. The first-order valence-electron chi connectivity index (χ1n) is 8.79. The maximum atomic E-state index is 12.3. The second kappa shape index (κ2) is 7.19. The zero-order valence-electron chi connectivity index (χ0n) is 15.5. The average molecular weight is 356 g/mol. The monoisotopic (exact) mass is 356 g/mol. The van der Waals surface area contributed by atoms with Crippen molar-refractivity contribution in [1.29, 1.82) is 0 Å². The number of H-pyrrole nitrogens is 1. The molecule has 1 amide bonds. The standard InChI is InChI=1S/C19H24N4O3/c1-11(2)10-23-13(4)15(12(3)22-23)6-8-18(24)20-14-5-7-17-16(9-14)21-19(25)26-17/h5,7,9,11H,6,8,10H2,1-4H3,(H,20,24)(H,21,25). The van der Waals surface area contributed by atoms with Crippen molar-refractivity contribution >= 4 is 22.7 Å². The van der Waals surface area contributed by atoms with Crippen molar-refractivity contribution in [3.8, 4) is 0 Å². The molecule has 138 valence electrons. The van der Waals surface area contributed by atoms with Crippen LogP contribution in [-0.4, -0.2) is 20.7 Å². The molecule has 0 radical (unpaired) electrons. The lowest BCUT2D eigenvalue weighted by atomic mass is 10.1. The van der Waals surface area contributed by atoms with Gasteiger partial charge in [0.2, 0.25) is 5.91 Å². The molecule has 3 rings (SSSR count). The van der Waals surface area contributed by atoms with E-state index >= 15 is 0 Å². The molecule has 2 aromatic heterocycles. The van der Waals surface area contributed by atoms with Crippen molar-refractivity contribution in [3.63, 3.8) is 0 Å². The van der Waals surface area contributed by atoms with E-state index in [1.165, 1.54) is 0 Å². The molecule has 0 aliphatic carbocycles. The van der Waals surface area contributed by atoms with Gasteiger partial charge in [0.05, 0.1) is 11.2 Å². The number of amides is 1. The molecule has 7 heteroatoms. The highest BCUT2D eigenvalue weighted by atomic mass is 16.4. The van der Waals surface area contributed by atoms with E-state index in [-0.39, 0.29) is 5.91 Å². The number of rotatable bonds is 6. The van der Waals surface area contributed by atoms with E-state index in [1.807, 2.05) is 11.6 Å². The van der Waals surface area contributed by atoms with Crippen LogP contribution in [0.3, 0.4) is 0 Å². The van der Waals surface area contributed by atoms with E-state index in [4.69, 9.17) is 4.42 Å². The molecular weight excluding hydrogens is 332 g/mol. The first kappa shape index (κ1) is 18.0. The highest BCUT2D eigenvalue weighted by molar-refractivity contribution is 5.92. The van der Waals surface area contributed by atoms with Crippen LogP contribution in [0.5, 0.6) is 0 Å². The molecule has 0 aliphatic rings. The Labute approximate surface area is 151 Å². The summed E-state index contributed by atoms with van der Waals surface area (Å²) < 4.78 is 6.98. The number of fused-ring (bicyclic) bond motifs is 1. The van der Waals surface area contributed by atoms with Crippen LogP contribution in [0.1, 0.15) is 37.2 Å². The number of carbonyl (C=O) groups excluding carboxylic acids is 1. The van der Waals surface area contributed by atoms with Gasteiger partial charge in [0, 0.05) is 24.3 Å². The summed E-state index contributed by atoms with van der Waals surface area (Å²) in [5.74, 6) is -0.0631. The largest absolute Gasteiger partial charge is 0.417 e. The van der Waals surface area contributed by atoms with Crippen LogP contribution in [0.15, 0.2) is 27.4 Å². The topological polar surface area (TPSA) is 92.9 Å². The van der Waals surface area contributed by atoms with Crippen molar-refractivity contribution in [2.75, 3.05) is 5.32 Å². The van der Waals surface area contributed by atoms with Crippen LogP contribution >= 0.6 is 0 Å². The molecule has 2 N–H and O–H groups in total. The maximum Gasteiger partial charge on any atom is 0.417 e. The summed E-state index contributed by atoms with van der Waals surface area (Å²) in [6, 6.07) is 5.07. The van der Waals surface area contributed by atoms with Crippen LogP contribution in [0.4, 0.5) is 5.69 Å². The fraction of sp³-hybridized carbons (Fsp3) is 0.421. The second-order valence-corrected chi connectivity index (χ2v) is 7.00. The van der Waals surface area contributed by atoms with Gasteiger partial charge in [-0.3, -0.25) is 14.5 Å². The molecule has 2 heterocycles. The first-order valence-corrected chi connectivity index (χ1v) is 8.79. The normalized spacial score (nSPS) is 11.4. The summed E-state index contributed by atoms with van der Waals surface area (Å²) >= 11 is 0. The molecule has 3 aromatic rings. The van der Waals surface area contributed by atoms with Crippen LogP contribution in [-0.2, 0) is 17.8 Å². The Kier molecular flexibility index (Phi) is 4.97. The Bertz CT molecular complexity index is 994. The Balaban J connectivity index is 1.65. The number of carbonyl (C=O) groups is 1. The average Bonchev–Trinajstić information content (AvgIpc) is 3.04. The van der Waals surface area contributed by atoms with Gasteiger partial charge >= 0.3 is 5.76 Å². The van der Waals surface area contributed by atoms with Crippen molar-refractivity contribution < 1.29 is 9.21 Å². The minimum atomic E-state index is -0.507. The summed E-state index contributed by atoms with van der Waals surface area (Å²) in [6.07, 6.45) is 1.02. The van der Waals surface area contributed by atoms with Gasteiger partial charge in [-0.15, -0.1) is 0 Å². The summed E-state index contributed by atoms with van der Waals surface area (Å²) in [4.78, 5) is 26.1. The molecule has 0 atom stereocenters. The van der Waals surface area contributed by atoms with Gasteiger partial charge in [0.15, 0.2) is 5.58 Å². The fourth-order valence-electron chi connectivity index (χ4n) is 3.11. The maximum absolute atomic E-state index is 12.3. The number of aromatic amines is 1. The van der Waals surface area contributed by atoms with Gasteiger partial charge < -0.3 is 9.73 Å². The second-order valence-electron chi connectivity index (χ2n) is 7.00. The minimum absolute atomic E-state index is 0.0781. The van der Waals surface area contributed by atoms with Crippen molar-refractivity contribution in [2.24, 2.45) is 5.92 Å². The molecule has 0 unspecified atom stereocenters. The van der Waals surface area contributed by atoms with E-state index in [0.717, 1.165) is 23.5 Å². The molecule has 7 nitrogen and oxygen atoms in total. The number of anilines is 1. The number of nitrogens with one attached hydrogen (secondary N) is 2. The van der Waals surface area contributed by atoms with E-state index in [0.29, 0.717) is 35.5 Å². The van der Waals surface area contributed by atoms with Crippen molar-refractivity contribution in [1.82, 2.24) is 14.8 Å². The summed E-state index contributed by atoms with van der Waals surface area (Å²) in [5, 5.41) is 7.45. The minimum Gasteiger partial charge on any atom is -0.408 e. The number of aryl methyl sites for hydroxylation is 1. The Morgan fingerprint density at radius 1 is 1.35 bits per heavy atom. The third-order valence-corrected chi connectivity index (χ3v) is 4.37. The Morgan fingerprint density at radius 2 is 2.12 bits per heavy atom. The first-order chi connectivity index (χ1) is 12.3. The lowest BCUT2D eigenvalue weighted by molar-refractivity contribution is -0.116. The van der Waals surface area contributed by atoms with E-state index < -0.39 is 5.76 Å². The SMILES string of the molecule is Cc1nn(CC(C)C)c(C)c1CCC(=O)Nc1ccc2oc(=O)[nH]c2c1. The predicted molar refractivity (Wildman–Crippen MR) is 100 cm³/mol. The molecule has 0 saturated heterocycles. The van der Waals surface area contributed by atoms with Gasteiger partial charge in [-0.2, -0.15) is 5.10 Å². The van der Waals surface area contributed by atoms with Gasteiger partial charge in [-0.25, -0.2) is 4.79 Å². The van der Waals surface area contributed by atoms with Crippen LogP contribution in [0.2, 0.25) is 0 Å². The number of aromatic nitrogens is 3. The summed E-state index contributed by atoms with van der Waals surface area (Å²) in [6.45, 7) is 9.24. The van der Waals surface area contributed by atoms with Crippen LogP contribution in [0, 0.1) is 19.8 Å². The summed E-state index contributed by atoms with van der Waals surface area (Å²) in [7, 11) is 0. The third-order valence-electron chi connectivity index (χ3n) is 4.37. The van der Waals surface area contributed by atoms with Crippen molar-refractivity contribution in [2.45, 2.75) is 47.1 Å². The molecule has 0 spiro atoms. The molecule has 0 fully saturated rings. The molecule has 0 bridgehead atoms. The Hall–Kier alpha value is -2.83. The molecular formula is C19H24N4O3. The number of nitrogens with zero attached hydrogens (tertiary/aromatic N) is 2. The lowest BCUT2D eigenvalue weighted by Gasteiger charge is -2.08. The molecule has 26 heavy (non-hydrogen) atoms. The van der Waals surface area contributed by atoms with E-state index in [2.05, 4.69) is 36.2 Å². The van der Waals surface area contributed by atoms with E-state index in [1.54, 1.807) is 18.2 Å². The van der Waals surface area contributed by atoms with Crippen LogP contribution in [0.25, 0.3) is 11.1 Å². The van der Waals surface area contributed by atoms with Gasteiger partial charge in [0.1, 0.15) is 0 Å².